The van der Waals surface area contributed by atoms with Crippen molar-refractivity contribution >= 4 is 29.1 Å². The molecule has 1 saturated carbocycles. The lowest BCUT2D eigenvalue weighted by Gasteiger charge is -2.09. The number of nitrogens with zero attached hydrogens (tertiary/aromatic N) is 3. The molecule has 2 atom stereocenters. The summed E-state index contributed by atoms with van der Waals surface area (Å²) in [5.41, 5.74) is 0. The van der Waals surface area contributed by atoms with E-state index < -0.39 is 0 Å². The largest absolute Gasteiger partial charge is 0.462 e. The van der Waals surface area contributed by atoms with Gasteiger partial charge in [-0.25, -0.2) is 0 Å². The Kier molecular flexibility index (Phi) is 3.69. The molecule has 0 spiro atoms. The van der Waals surface area contributed by atoms with Crippen molar-refractivity contribution in [1.82, 2.24) is 14.8 Å². The predicted molar refractivity (Wildman–Crippen MR) is 85.2 cm³/mol. The molecule has 0 amide bonds. The summed E-state index contributed by atoms with van der Waals surface area (Å²) in [7, 11) is 0. The van der Waals surface area contributed by atoms with Gasteiger partial charge in [-0.05, 0) is 31.2 Å². The third kappa shape index (κ3) is 2.79. The molecule has 2 aliphatic rings. The first-order valence-corrected chi connectivity index (χ1v) is 9.30. The Morgan fingerprint density at radius 2 is 2.32 bits per heavy atom. The van der Waals surface area contributed by atoms with E-state index in [-0.39, 0.29) is 17.3 Å². The Morgan fingerprint density at radius 1 is 1.45 bits per heavy atom. The minimum Gasteiger partial charge on any atom is -0.462 e. The van der Waals surface area contributed by atoms with Crippen LogP contribution in [0, 0.1) is 0 Å². The van der Waals surface area contributed by atoms with Gasteiger partial charge in [-0.1, -0.05) is 17.8 Å². The fourth-order valence-corrected chi connectivity index (χ4v) is 4.65. The molecule has 22 heavy (non-hydrogen) atoms. The number of esters is 1. The maximum absolute atomic E-state index is 11.9. The van der Waals surface area contributed by atoms with Crippen molar-refractivity contribution in [3.63, 3.8) is 0 Å². The van der Waals surface area contributed by atoms with Gasteiger partial charge in [0.1, 0.15) is 17.2 Å². The van der Waals surface area contributed by atoms with Crippen molar-refractivity contribution < 1.29 is 9.53 Å². The molecule has 2 aromatic rings. The SMILES string of the molecule is CC1CC(Sc2nnc(Cc3cccs3)n2C2CC2)C(=O)O1. The van der Waals surface area contributed by atoms with Gasteiger partial charge in [-0.3, -0.25) is 4.79 Å². The molecule has 116 valence electrons. The molecule has 7 heteroatoms. The van der Waals surface area contributed by atoms with Crippen molar-refractivity contribution in [2.45, 2.75) is 55.2 Å². The van der Waals surface area contributed by atoms with Crippen molar-refractivity contribution in [3.8, 4) is 0 Å². The molecule has 0 radical (unpaired) electrons. The minimum atomic E-state index is -0.147. The number of thiophene rings is 1. The van der Waals surface area contributed by atoms with Crippen molar-refractivity contribution in [1.29, 1.82) is 0 Å². The van der Waals surface area contributed by atoms with Crippen LogP contribution in [0.1, 0.15) is 42.9 Å². The van der Waals surface area contributed by atoms with Crippen LogP contribution in [-0.4, -0.2) is 32.1 Å². The highest BCUT2D eigenvalue weighted by Gasteiger charge is 2.36. The summed E-state index contributed by atoms with van der Waals surface area (Å²) >= 11 is 3.25. The molecule has 2 unspecified atom stereocenters. The van der Waals surface area contributed by atoms with Gasteiger partial charge in [0.05, 0.1) is 0 Å². The number of aromatic nitrogens is 3. The molecule has 3 heterocycles. The molecular weight excluding hydrogens is 318 g/mol. The van der Waals surface area contributed by atoms with Crippen molar-refractivity contribution in [3.05, 3.63) is 28.2 Å². The van der Waals surface area contributed by atoms with Gasteiger partial charge in [0, 0.05) is 23.8 Å². The number of carbonyl (C=O) groups excluding carboxylic acids is 1. The number of carbonyl (C=O) groups is 1. The standard InChI is InChI=1S/C15H17N3O2S2/c1-9-7-12(14(19)20-9)22-15-17-16-13(18(15)10-4-5-10)8-11-3-2-6-21-11/h2-3,6,9-10,12H,4-5,7-8H2,1H3. The predicted octanol–water partition coefficient (Wildman–Crippen LogP) is 3.06. The summed E-state index contributed by atoms with van der Waals surface area (Å²) in [6.07, 6.45) is 3.92. The number of cyclic esters (lactones) is 1. The molecular formula is C15H17N3O2S2. The lowest BCUT2D eigenvalue weighted by molar-refractivity contribution is -0.140. The van der Waals surface area contributed by atoms with Crippen LogP contribution in [0.3, 0.4) is 0 Å². The highest BCUT2D eigenvalue weighted by molar-refractivity contribution is 8.00. The van der Waals surface area contributed by atoms with Crippen LogP contribution in [0.2, 0.25) is 0 Å². The number of rotatable bonds is 5. The lowest BCUT2D eigenvalue weighted by Crippen LogP contribution is -2.12. The van der Waals surface area contributed by atoms with Crippen LogP contribution in [0.4, 0.5) is 0 Å². The van der Waals surface area contributed by atoms with E-state index in [1.807, 2.05) is 6.92 Å². The van der Waals surface area contributed by atoms with Crippen LogP contribution >= 0.6 is 23.1 Å². The molecule has 5 nitrogen and oxygen atoms in total. The van der Waals surface area contributed by atoms with Crippen LogP contribution in [-0.2, 0) is 16.0 Å². The third-order valence-corrected chi connectivity index (χ3v) is 5.97. The van der Waals surface area contributed by atoms with Crippen LogP contribution in [0.5, 0.6) is 0 Å². The lowest BCUT2D eigenvalue weighted by atomic mass is 10.3. The number of thioether (sulfide) groups is 1. The molecule has 0 bridgehead atoms. The molecule has 4 rings (SSSR count). The summed E-state index contributed by atoms with van der Waals surface area (Å²) in [6.45, 7) is 1.94. The normalized spacial score (nSPS) is 24.7. The number of hydrogen-bond acceptors (Lipinski definition) is 6. The van der Waals surface area contributed by atoms with Crippen LogP contribution in [0.15, 0.2) is 22.7 Å². The van der Waals surface area contributed by atoms with Gasteiger partial charge >= 0.3 is 5.97 Å². The third-order valence-electron chi connectivity index (χ3n) is 3.93. The summed E-state index contributed by atoms with van der Waals surface area (Å²) < 4.78 is 7.48. The summed E-state index contributed by atoms with van der Waals surface area (Å²) in [5, 5.41) is 11.5. The summed E-state index contributed by atoms with van der Waals surface area (Å²) in [4.78, 5) is 13.1. The smallest absolute Gasteiger partial charge is 0.319 e. The monoisotopic (exact) mass is 335 g/mol. The molecule has 0 aromatic carbocycles. The van der Waals surface area contributed by atoms with E-state index in [0.717, 1.165) is 23.8 Å². The van der Waals surface area contributed by atoms with E-state index in [0.29, 0.717) is 6.04 Å². The Bertz CT molecular complexity index is 679. The molecule has 1 aliphatic carbocycles. The second-order valence-corrected chi connectivity index (χ2v) is 8.05. The maximum atomic E-state index is 11.9. The van der Waals surface area contributed by atoms with Crippen LogP contribution < -0.4 is 0 Å². The summed E-state index contributed by atoms with van der Waals surface area (Å²) in [6, 6.07) is 4.69. The van der Waals surface area contributed by atoms with Crippen LogP contribution in [0.25, 0.3) is 0 Å². The molecule has 0 N–H and O–H groups in total. The zero-order chi connectivity index (χ0) is 15.1. The van der Waals surface area contributed by atoms with E-state index in [1.54, 1.807) is 11.3 Å². The Labute approximate surface area is 137 Å². The number of hydrogen-bond donors (Lipinski definition) is 0. The second kappa shape index (κ2) is 5.70. The topological polar surface area (TPSA) is 57.0 Å². The quantitative estimate of drug-likeness (QED) is 0.786. The first kappa shape index (κ1) is 14.3. The second-order valence-electron chi connectivity index (χ2n) is 5.85. The Morgan fingerprint density at radius 3 is 2.95 bits per heavy atom. The van der Waals surface area contributed by atoms with Gasteiger partial charge in [-0.15, -0.1) is 21.5 Å². The molecule has 1 aliphatic heterocycles. The zero-order valence-electron chi connectivity index (χ0n) is 12.3. The fraction of sp³-hybridized carbons (Fsp3) is 0.533. The zero-order valence-corrected chi connectivity index (χ0v) is 13.9. The van der Waals surface area contributed by atoms with Gasteiger partial charge in [0.15, 0.2) is 5.16 Å². The minimum absolute atomic E-state index is 0.00730. The van der Waals surface area contributed by atoms with Gasteiger partial charge in [0.2, 0.25) is 0 Å². The van der Waals surface area contributed by atoms with E-state index in [9.17, 15) is 4.79 Å². The fourth-order valence-electron chi connectivity index (χ4n) is 2.72. The number of ether oxygens (including phenoxy) is 1. The van der Waals surface area contributed by atoms with Crippen molar-refractivity contribution in [2.75, 3.05) is 0 Å². The van der Waals surface area contributed by atoms with Gasteiger partial charge in [-0.2, -0.15) is 0 Å². The van der Waals surface area contributed by atoms with E-state index >= 15 is 0 Å². The molecule has 1 saturated heterocycles. The Hall–Kier alpha value is -1.34. The molecule has 2 aromatic heterocycles. The first-order valence-electron chi connectivity index (χ1n) is 7.54. The van der Waals surface area contributed by atoms with E-state index in [2.05, 4.69) is 32.3 Å². The van der Waals surface area contributed by atoms with Gasteiger partial charge in [0.25, 0.3) is 0 Å². The average Bonchev–Trinajstić information content (AvgIpc) is 2.90. The highest BCUT2D eigenvalue weighted by atomic mass is 32.2. The van der Waals surface area contributed by atoms with E-state index in [4.69, 9.17) is 4.74 Å². The van der Waals surface area contributed by atoms with E-state index in [1.165, 1.54) is 29.5 Å². The first-order chi connectivity index (χ1) is 10.7. The highest BCUT2D eigenvalue weighted by Crippen LogP contribution is 2.41. The van der Waals surface area contributed by atoms with Gasteiger partial charge < -0.3 is 9.30 Å². The maximum Gasteiger partial charge on any atom is 0.319 e. The Balaban J connectivity index is 1.57. The van der Waals surface area contributed by atoms with Crippen molar-refractivity contribution in [2.24, 2.45) is 0 Å². The average molecular weight is 335 g/mol. The summed E-state index contributed by atoms with van der Waals surface area (Å²) in [5.74, 6) is 0.884. The molecule has 2 fully saturated rings.